The van der Waals surface area contributed by atoms with Crippen LogP contribution in [0.5, 0.6) is 5.75 Å². The summed E-state index contributed by atoms with van der Waals surface area (Å²) >= 11 is 6.21. The fourth-order valence-corrected chi connectivity index (χ4v) is 4.84. The smallest absolute Gasteiger partial charge is 0.327 e. The van der Waals surface area contributed by atoms with Gasteiger partial charge in [-0.3, -0.25) is 19.7 Å². The highest BCUT2D eigenvalue weighted by atomic mass is 35.5. The van der Waals surface area contributed by atoms with Gasteiger partial charge in [-0.25, -0.2) is 4.90 Å². The minimum absolute atomic E-state index is 0.272. The van der Waals surface area contributed by atoms with Crippen molar-refractivity contribution < 1.29 is 29.3 Å². The summed E-state index contributed by atoms with van der Waals surface area (Å²) in [5, 5.41) is 23.4. The van der Waals surface area contributed by atoms with E-state index in [1.807, 2.05) is 6.92 Å². The summed E-state index contributed by atoms with van der Waals surface area (Å²) in [6, 6.07) is 10.9. The minimum Gasteiger partial charge on any atom is -0.494 e. The number of nitrogens with zero attached hydrogens (tertiary/aromatic N) is 1. The van der Waals surface area contributed by atoms with Gasteiger partial charge in [-0.05, 0) is 48.7 Å². The van der Waals surface area contributed by atoms with Crippen molar-refractivity contribution in [1.29, 1.82) is 0 Å². The summed E-state index contributed by atoms with van der Waals surface area (Å²) in [4.78, 5) is 40.3. The van der Waals surface area contributed by atoms with Crippen molar-refractivity contribution in [3.05, 3.63) is 58.6 Å². The lowest BCUT2D eigenvalue weighted by Gasteiger charge is -2.29. The molecule has 3 N–H and O–H groups in total. The number of aliphatic carboxylic acids is 1. The molecule has 0 aliphatic carbocycles. The van der Waals surface area contributed by atoms with E-state index in [1.165, 1.54) is 6.07 Å². The Hall–Kier alpha value is -2.94. The Morgan fingerprint density at radius 2 is 1.88 bits per heavy atom. The molecule has 4 rings (SSSR count). The van der Waals surface area contributed by atoms with Crippen LogP contribution in [0.1, 0.15) is 30.5 Å². The van der Waals surface area contributed by atoms with Crippen molar-refractivity contribution in [3.8, 4) is 5.75 Å². The van der Waals surface area contributed by atoms with Gasteiger partial charge in [0.1, 0.15) is 5.75 Å². The molecule has 2 aromatic rings. The highest BCUT2D eigenvalue weighted by molar-refractivity contribution is 6.32. The SMILES string of the molecule is CCCOc1ccc(C2NC(CO)(C(=O)O)C3C(=O)N(c4ccc(C)c(Cl)c4)C(=O)C23)cc1. The number of benzene rings is 2. The number of carbonyl (C=O) groups excluding carboxylic acids is 2. The number of ether oxygens (including phenoxy) is 1. The standard InChI is InChI=1S/C24H25ClN2O6/c1-3-10-33-16-8-5-14(6-9-16)20-18-19(24(12-28,26-20)23(31)32)22(30)27(21(18)29)15-7-4-13(2)17(25)11-15/h4-9,11,18-20,26,28H,3,10,12H2,1-2H3,(H,31,32). The Kier molecular flexibility index (Phi) is 6.18. The number of anilines is 1. The number of aliphatic hydroxyl groups excluding tert-OH is 1. The summed E-state index contributed by atoms with van der Waals surface area (Å²) < 4.78 is 5.60. The Bertz CT molecular complexity index is 1100. The van der Waals surface area contributed by atoms with Gasteiger partial charge in [0.05, 0.1) is 30.7 Å². The zero-order valence-corrected chi connectivity index (χ0v) is 19.0. The quantitative estimate of drug-likeness (QED) is 0.530. The number of carboxylic acids is 1. The van der Waals surface area contributed by atoms with Crippen LogP contribution in [0.15, 0.2) is 42.5 Å². The number of hydrogen-bond acceptors (Lipinski definition) is 6. The maximum Gasteiger partial charge on any atom is 0.327 e. The second kappa shape index (κ2) is 8.78. The van der Waals surface area contributed by atoms with Crippen LogP contribution in [0.3, 0.4) is 0 Å². The number of rotatable bonds is 7. The van der Waals surface area contributed by atoms with Gasteiger partial charge in [0.2, 0.25) is 11.8 Å². The average Bonchev–Trinajstić information content (AvgIpc) is 3.29. The highest BCUT2D eigenvalue weighted by Gasteiger charge is 2.68. The van der Waals surface area contributed by atoms with Crippen molar-refractivity contribution >= 4 is 35.1 Å². The normalized spacial score (nSPS) is 26.5. The zero-order valence-electron chi connectivity index (χ0n) is 18.2. The lowest BCUT2D eigenvalue weighted by Crippen LogP contribution is -2.58. The first-order valence-electron chi connectivity index (χ1n) is 10.7. The van der Waals surface area contributed by atoms with E-state index in [1.54, 1.807) is 43.3 Å². The van der Waals surface area contributed by atoms with E-state index < -0.39 is 47.8 Å². The molecule has 9 heteroatoms. The molecule has 0 aromatic heterocycles. The summed E-state index contributed by atoms with van der Waals surface area (Å²) in [5.74, 6) is -4.26. The number of hydrogen-bond donors (Lipinski definition) is 3. The Morgan fingerprint density at radius 3 is 2.45 bits per heavy atom. The molecular formula is C24H25ClN2O6. The van der Waals surface area contributed by atoms with Crippen molar-refractivity contribution in [2.45, 2.75) is 31.8 Å². The van der Waals surface area contributed by atoms with Gasteiger partial charge in [-0.2, -0.15) is 0 Å². The second-order valence-electron chi connectivity index (χ2n) is 8.42. The lowest BCUT2D eigenvalue weighted by atomic mass is 9.79. The summed E-state index contributed by atoms with van der Waals surface area (Å²) in [5.41, 5.74) is -0.326. The third kappa shape index (κ3) is 3.68. The molecule has 2 saturated heterocycles. The molecule has 0 saturated carbocycles. The first kappa shape index (κ1) is 23.2. The van der Waals surface area contributed by atoms with E-state index in [4.69, 9.17) is 16.3 Å². The predicted octanol–water partition coefficient (Wildman–Crippen LogP) is 2.70. The largest absolute Gasteiger partial charge is 0.494 e. The number of carbonyl (C=O) groups is 3. The maximum absolute atomic E-state index is 13.5. The Balaban J connectivity index is 1.76. The molecule has 2 aromatic carbocycles. The van der Waals surface area contributed by atoms with Crippen molar-refractivity contribution in [3.63, 3.8) is 0 Å². The fourth-order valence-electron chi connectivity index (χ4n) is 4.67. The van der Waals surface area contributed by atoms with Crippen molar-refractivity contribution in [2.75, 3.05) is 18.1 Å². The molecule has 8 nitrogen and oxygen atoms in total. The van der Waals surface area contributed by atoms with Crippen LogP contribution in [-0.2, 0) is 14.4 Å². The lowest BCUT2D eigenvalue weighted by molar-refractivity contribution is -0.150. The van der Waals surface area contributed by atoms with Crippen LogP contribution >= 0.6 is 11.6 Å². The van der Waals surface area contributed by atoms with Crippen LogP contribution in [0.25, 0.3) is 0 Å². The number of halogens is 1. The van der Waals surface area contributed by atoms with E-state index in [0.29, 0.717) is 22.9 Å². The molecule has 33 heavy (non-hydrogen) atoms. The van der Waals surface area contributed by atoms with Crippen LogP contribution in [0, 0.1) is 18.8 Å². The number of aliphatic hydroxyl groups is 1. The number of fused-ring (bicyclic) bond motifs is 1. The Labute approximate surface area is 196 Å². The molecular weight excluding hydrogens is 448 g/mol. The van der Waals surface area contributed by atoms with E-state index in [-0.39, 0.29) is 5.69 Å². The summed E-state index contributed by atoms with van der Waals surface area (Å²) in [6.07, 6.45) is 0.850. The molecule has 2 heterocycles. The monoisotopic (exact) mass is 472 g/mol. The Morgan fingerprint density at radius 1 is 1.18 bits per heavy atom. The van der Waals surface area contributed by atoms with E-state index in [0.717, 1.165) is 16.9 Å². The van der Waals surface area contributed by atoms with Gasteiger partial charge in [0, 0.05) is 11.1 Å². The molecule has 174 valence electrons. The van der Waals surface area contributed by atoms with Gasteiger partial charge in [-0.15, -0.1) is 0 Å². The van der Waals surface area contributed by atoms with Crippen molar-refractivity contribution in [2.24, 2.45) is 11.8 Å². The molecule has 2 aliphatic rings. The highest BCUT2D eigenvalue weighted by Crippen LogP contribution is 2.50. The number of nitrogens with one attached hydrogen (secondary N) is 1. The first-order valence-corrected chi connectivity index (χ1v) is 11.1. The second-order valence-corrected chi connectivity index (χ2v) is 8.83. The van der Waals surface area contributed by atoms with Crippen LogP contribution in [0.2, 0.25) is 5.02 Å². The summed E-state index contributed by atoms with van der Waals surface area (Å²) in [7, 11) is 0. The summed E-state index contributed by atoms with van der Waals surface area (Å²) in [6.45, 7) is 3.50. The fraction of sp³-hybridized carbons (Fsp3) is 0.375. The number of aryl methyl sites for hydroxylation is 1. The molecule has 2 amide bonds. The van der Waals surface area contributed by atoms with Gasteiger partial charge < -0.3 is 14.9 Å². The van der Waals surface area contributed by atoms with Gasteiger partial charge in [0.15, 0.2) is 5.54 Å². The van der Waals surface area contributed by atoms with Gasteiger partial charge in [0.25, 0.3) is 0 Å². The molecule has 2 fully saturated rings. The van der Waals surface area contributed by atoms with Crippen LogP contribution in [0.4, 0.5) is 5.69 Å². The zero-order chi connectivity index (χ0) is 23.9. The molecule has 0 radical (unpaired) electrons. The predicted molar refractivity (Wildman–Crippen MR) is 121 cm³/mol. The van der Waals surface area contributed by atoms with Gasteiger partial charge >= 0.3 is 5.97 Å². The van der Waals surface area contributed by atoms with Gasteiger partial charge in [-0.1, -0.05) is 36.7 Å². The number of carboxylic acid groups (broad SMARTS) is 1. The molecule has 0 spiro atoms. The number of imide groups is 1. The van der Waals surface area contributed by atoms with Crippen LogP contribution in [-0.4, -0.2) is 46.7 Å². The van der Waals surface area contributed by atoms with E-state index in [9.17, 15) is 24.6 Å². The number of amides is 2. The van der Waals surface area contributed by atoms with Crippen LogP contribution < -0.4 is 15.0 Å². The maximum atomic E-state index is 13.5. The molecule has 4 unspecified atom stereocenters. The first-order chi connectivity index (χ1) is 15.7. The van der Waals surface area contributed by atoms with Crippen molar-refractivity contribution in [1.82, 2.24) is 5.32 Å². The van der Waals surface area contributed by atoms with E-state index in [2.05, 4.69) is 5.32 Å². The average molecular weight is 473 g/mol. The molecule has 0 bridgehead atoms. The van der Waals surface area contributed by atoms with E-state index >= 15 is 0 Å². The molecule has 2 aliphatic heterocycles. The third-order valence-electron chi connectivity index (χ3n) is 6.41. The topological polar surface area (TPSA) is 116 Å². The molecule has 4 atom stereocenters. The third-order valence-corrected chi connectivity index (χ3v) is 6.82. The minimum atomic E-state index is -2.00.